The molecule has 0 heterocycles. The number of hydrogen-bond acceptors (Lipinski definition) is 3. The van der Waals surface area contributed by atoms with Crippen molar-refractivity contribution in [1.82, 2.24) is 10.6 Å². The molecule has 2 fully saturated rings. The molecule has 0 aromatic heterocycles. The third kappa shape index (κ3) is 4.49. The van der Waals surface area contributed by atoms with Gasteiger partial charge in [-0.3, -0.25) is 9.59 Å². The summed E-state index contributed by atoms with van der Waals surface area (Å²) in [4.78, 5) is 23.5. The Morgan fingerprint density at radius 1 is 1.16 bits per heavy atom. The Labute approximate surface area is 114 Å². The molecule has 0 atom stereocenters. The van der Waals surface area contributed by atoms with Crippen molar-refractivity contribution in [2.45, 2.75) is 69.4 Å². The second-order valence-corrected chi connectivity index (χ2v) is 5.92. The van der Waals surface area contributed by atoms with Crippen LogP contribution in [-0.4, -0.2) is 29.9 Å². The molecular weight excluding hydrogens is 242 g/mol. The highest BCUT2D eigenvalue weighted by Crippen LogP contribution is 2.25. The first-order chi connectivity index (χ1) is 9.10. The van der Waals surface area contributed by atoms with Gasteiger partial charge >= 0.3 is 0 Å². The van der Waals surface area contributed by atoms with Crippen LogP contribution in [0.2, 0.25) is 0 Å². The molecule has 2 amide bonds. The van der Waals surface area contributed by atoms with Crippen molar-refractivity contribution in [3.05, 3.63) is 0 Å². The molecular formula is C14H25N3O2. The van der Waals surface area contributed by atoms with E-state index in [1.54, 1.807) is 0 Å². The number of hydrogen-bond donors (Lipinski definition) is 3. The van der Waals surface area contributed by atoms with E-state index in [0.717, 1.165) is 38.5 Å². The van der Waals surface area contributed by atoms with E-state index in [4.69, 9.17) is 5.73 Å². The number of rotatable bonds is 6. The maximum Gasteiger partial charge on any atom is 0.240 e. The van der Waals surface area contributed by atoms with Crippen molar-refractivity contribution in [2.75, 3.05) is 6.54 Å². The average Bonchev–Trinajstić information content (AvgIpc) is 3.19. The van der Waals surface area contributed by atoms with E-state index in [2.05, 4.69) is 10.6 Å². The molecule has 0 unspecified atom stereocenters. The van der Waals surface area contributed by atoms with Crippen LogP contribution < -0.4 is 16.4 Å². The molecule has 19 heavy (non-hydrogen) atoms. The Morgan fingerprint density at radius 3 is 2.47 bits per heavy atom. The van der Waals surface area contributed by atoms with Gasteiger partial charge in [-0.1, -0.05) is 19.3 Å². The molecule has 0 bridgehead atoms. The SMILES string of the molecule is NC1(C(=O)NCCCC(=O)NC2CC2)CCCCC1. The van der Waals surface area contributed by atoms with Gasteiger partial charge < -0.3 is 16.4 Å². The molecule has 0 aromatic carbocycles. The maximum absolute atomic E-state index is 12.0. The topological polar surface area (TPSA) is 84.2 Å². The zero-order valence-electron chi connectivity index (χ0n) is 11.5. The Balaban J connectivity index is 1.59. The molecule has 5 heteroatoms. The van der Waals surface area contributed by atoms with Gasteiger partial charge in [0.15, 0.2) is 0 Å². The van der Waals surface area contributed by atoms with Gasteiger partial charge in [-0.15, -0.1) is 0 Å². The van der Waals surface area contributed by atoms with Gasteiger partial charge in [0.1, 0.15) is 0 Å². The first kappa shape index (κ1) is 14.3. The fourth-order valence-electron chi connectivity index (χ4n) is 2.56. The monoisotopic (exact) mass is 267 g/mol. The quantitative estimate of drug-likeness (QED) is 0.623. The van der Waals surface area contributed by atoms with E-state index in [1.165, 1.54) is 6.42 Å². The van der Waals surface area contributed by atoms with Gasteiger partial charge in [0.25, 0.3) is 0 Å². The smallest absolute Gasteiger partial charge is 0.240 e. The minimum absolute atomic E-state index is 0.0465. The molecule has 5 nitrogen and oxygen atoms in total. The summed E-state index contributed by atoms with van der Waals surface area (Å²) in [5.41, 5.74) is 5.46. The normalized spacial score (nSPS) is 21.7. The van der Waals surface area contributed by atoms with Crippen molar-refractivity contribution in [1.29, 1.82) is 0 Å². The van der Waals surface area contributed by atoms with Crippen molar-refractivity contribution in [2.24, 2.45) is 5.73 Å². The zero-order valence-corrected chi connectivity index (χ0v) is 11.5. The van der Waals surface area contributed by atoms with Crippen LogP contribution in [0.15, 0.2) is 0 Å². The second-order valence-electron chi connectivity index (χ2n) is 5.92. The molecule has 108 valence electrons. The third-order valence-electron chi connectivity index (χ3n) is 4.01. The number of nitrogens with one attached hydrogen (secondary N) is 2. The molecule has 4 N–H and O–H groups in total. The molecule has 0 spiro atoms. The molecule has 0 saturated heterocycles. The summed E-state index contributed by atoms with van der Waals surface area (Å²) in [6.07, 6.45) is 8.18. The summed E-state index contributed by atoms with van der Waals surface area (Å²) < 4.78 is 0. The molecule has 2 rings (SSSR count). The van der Waals surface area contributed by atoms with Gasteiger partial charge in [0, 0.05) is 19.0 Å². The fraction of sp³-hybridized carbons (Fsp3) is 0.857. The van der Waals surface area contributed by atoms with Crippen LogP contribution in [-0.2, 0) is 9.59 Å². The van der Waals surface area contributed by atoms with Gasteiger partial charge in [0.2, 0.25) is 11.8 Å². The number of carbonyl (C=O) groups is 2. The first-order valence-electron chi connectivity index (χ1n) is 7.47. The van der Waals surface area contributed by atoms with Crippen LogP contribution in [0.5, 0.6) is 0 Å². The van der Waals surface area contributed by atoms with Crippen molar-refractivity contribution >= 4 is 11.8 Å². The largest absolute Gasteiger partial charge is 0.354 e. The lowest BCUT2D eigenvalue weighted by atomic mass is 9.82. The van der Waals surface area contributed by atoms with E-state index in [1.807, 2.05) is 0 Å². The van der Waals surface area contributed by atoms with Gasteiger partial charge in [-0.25, -0.2) is 0 Å². The predicted molar refractivity (Wildman–Crippen MR) is 73.4 cm³/mol. The van der Waals surface area contributed by atoms with E-state index >= 15 is 0 Å². The van der Waals surface area contributed by atoms with Crippen molar-refractivity contribution < 1.29 is 9.59 Å². The van der Waals surface area contributed by atoms with Gasteiger partial charge in [0.05, 0.1) is 5.54 Å². The van der Waals surface area contributed by atoms with Gasteiger partial charge in [-0.2, -0.15) is 0 Å². The van der Waals surface area contributed by atoms with Crippen molar-refractivity contribution in [3.8, 4) is 0 Å². The van der Waals surface area contributed by atoms with E-state index in [-0.39, 0.29) is 11.8 Å². The summed E-state index contributed by atoms with van der Waals surface area (Å²) in [6.45, 7) is 0.538. The van der Waals surface area contributed by atoms with Crippen LogP contribution in [0, 0.1) is 0 Å². The minimum atomic E-state index is -0.672. The van der Waals surface area contributed by atoms with Crippen LogP contribution in [0.25, 0.3) is 0 Å². The summed E-state index contributed by atoms with van der Waals surface area (Å²) >= 11 is 0. The van der Waals surface area contributed by atoms with Crippen LogP contribution in [0.1, 0.15) is 57.8 Å². The molecule has 0 aliphatic heterocycles. The highest BCUT2D eigenvalue weighted by Gasteiger charge is 2.34. The fourth-order valence-corrected chi connectivity index (χ4v) is 2.56. The lowest BCUT2D eigenvalue weighted by molar-refractivity contribution is -0.128. The Hall–Kier alpha value is -1.10. The van der Waals surface area contributed by atoms with Crippen LogP contribution in [0.3, 0.4) is 0 Å². The minimum Gasteiger partial charge on any atom is -0.354 e. The number of carbonyl (C=O) groups excluding carboxylic acids is 2. The Bertz CT molecular complexity index is 334. The molecule has 2 saturated carbocycles. The highest BCUT2D eigenvalue weighted by atomic mass is 16.2. The number of amides is 2. The maximum atomic E-state index is 12.0. The molecule has 0 aromatic rings. The second kappa shape index (κ2) is 6.37. The first-order valence-corrected chi connectivity index (χ1v) is 7.47. The summed E-state index contributed by atoms with van der Waals surface area (Å²) in [7, 11) is 0. The number of nitrogens with two attached hydrogens (primary N) is 1. The van der Waals surface area contributed by atoms with E-state index in [0.29, 0.717) is 25.4 Å². The lowest BCUT2D eigenvalue weighted by Gasteiger charge is -2.31. The van der Waals surface area contributed by atoms with Crippen LogP contribution in [0.4, 0.5) is 0 Å². The predicted octanol–water partition coefficient (Wildman–Crippen LogP) is 0.823. The van der Waals surface area contributed by atoms with E-state index in [9.17, 15) is 9.59 Å². The summed E-state index contributed by atoms with van der Waals surface area (Å²) in [5.74, 6) is 0.0479. The summed E-state index contributed by atoms with van der Waals surface area (Å²) in [5, 5.41) is 5.81. The van der Waals surface area contributed by atoms with E-state index < -0.39 is 5.54 Å². The average molecular weight is 267 g/mol. The highest BCUT2D eigenvalue weighted by molar-refractivity contribution is 5.86. The Morgan fingerprint density at radius 2 is 1.84 bits per heavy atom. The molecule has 2 aliphatic rings. The third-order valence-corrected chi connectivity index (χ3v) is 4.01. The molecule has 0 radical (unpaired) electrons. The van der Waals surface area contributed by atoms with Crippen LogP contribution >= 0.6 is 0 Å². The lowest BCUT2D eigenvalue weighted by Crippen LogP contribution is -2.55. The van der Waals surface area contributed by atoms with Crippen molar-refractivity contribution in [3.63, 3.8) is 0 Å². The molecule has 2 aliphatic carbocycles. The Kier molecular flexibility index (Phi) is 4.80. The van der Waals surface area contributed by atoms with Gasteiger partial charge in [-0.05, 0) is 32.1 Å². The summed E-state index contributed by atoms with van der Waals surface area (Å²) in [6, 6.07) is 0.414. The standard InChI is InChI=1S/C14H25N3O2/c15-14(8-2-1-3-9-14)13(19)16-10-4-5-12(18)17-11-6-7-11/h11H,1-10,15H2,(H,16,19)(H,17,18). The zero-order chi connectivity index (χ0) is 13.7.